The maximum absolute atomic E-state index is 13.7. The van der Waals surface area contributed by atoms with Crippen LogP contribution in [0.5, 0.6) is 5.75 Å². The molecule has 0 amide bonds. The molecule has 0 saturated heterocycles. The summed E-state index contributed by atoms with van der Waals surface area (Å²) in [6.45, 7) is 4.64. The Labute approximate surface area is 111 Å². The first kappa shape index (κ1) is 13.3. The van der Waals surface area contributed by atoms with Gasteiger partial charge in [-0.2, -0.15) is 0 Å². The molecule has 2 aromatic rings. The van der Waals surface area contributed by atoms with Gasteiger partial charge in [0.2, 0.25) is 0 Å². The van der Waals surface area contributed by atoms with Crippen molar-refractivity contribution in [2.24, 2.45) is 0 Å². The summed E-state index contributed by atoms with van der Waals surface area (Å²) >= 11 is 0. The first-order valence-electron chi connectivity index (χ1n) is 6.07. The van der Waals surface area contributed by atoms with Gasteiger partial charge in [-0.1, -0.05) is 0 Å². The fourth-order valence-corrected chi connectivity index (χ4v) is 1.77. The first-order chi connectivity index (χ1) is 9.13. The molecule has 0 aliphatic carbocycles. The van der Waals surface area contributed by atoms with Crippen molar-refractivity contribution in [1.29, 1.82) is 0 Å². The number of nitrogens with zero attached hydrogens (tertiary/aromatic N) is 2. The quantitative estimate of drug-likeness (QED) is 0.919. The number of anilines is 1. The fourth-order valence-electron chi connectivity index (χ4n) is 1.77. The molecule has 4 nitrogen and oxygen atoms in total. The van der Waals surface area contributed by atoms with Gasteiger partial charge in [-0.25, -0.2) is 14.4 Å². The van der Waals surface area contributed by atoms with Crippen LogP contribution < -0.4 is 10.1 Å². The fraction of sp³-hybridized carbons (Fsp3) is 0.286. The highest BCUT2D eigenvalue weighted by molar-refractivity contribution is 5.59. The highest BCUT2D eigenvalue weighted by atomic mass is 19.1. The average molecular weight is 261 g/mol. The van der Waals surface area contributed by atoms with Crippen molar-refractivity contribution in [1.82, 2.24) is 9.97 Å². The highest BCUT2D eigenvalue weighted by Crippen LogP contribution is 2.24. The maximum atomic E-state index is 13.7. The third-order valence-electron chi connectivity index (χ3n) is 2.62. The van der Waals surface area contributed by atoms with E-state index in [4.69, 9.17) is 4.74 Å². The van der Waals surface area contributed by atoms with Crippen molar-refractivity contribution in [3.63, 3.8) is 0 Å². The molecular formula is C14H16FN3O. The minimum atomic E-state index is -0.421. The molecule has 0 spiro atoms. The molecule has 0 fully saturated rings. The second-order valence-corrected chi connectivity index (χ2v) is 4.10. The van der Waals surface area contributed by atoms with Crippen molar-refractivity contribution < 1.29 is 9.13 Å². The molecule has 1 aromatic heterocycles. The second-order valence-electron chi connectivity index (χ2n) is 4.10. The Morgan fingerprint density at radius 1 is 1.26 bits per heavy atom. The number of aryl methyl sites for hydroxylation is 1. The van der Waals surface area contributed by atoms with E-state index in [-0.39, 0.29) is 5.75 Å². The Balaban J connectivity index is 2.43. The zero-order valence-electron chi connectivity index (χ0n) is 11.2. The van der Waals surface area contributed by atoms with E-state index in [0.29, 0.717) is 11.4 Å². The standard InChI is InChI=1S/C14H16FN3O/c1-4-16-13-7-9(2)17-14(18-13)10-5-6-12(19-3)11(15)8-10/h5-8H,4H2,1-3H3,(H,16,17,18). The summed E-state index contributed by atoms with van der Waals surface area (Å²) in [6.07, 6.45) is 0. The van der Waals surface area contributed by atoms with E-state index in [1.807, 2.05) is 19.9 Å². The predicted octanol–water partition coefficient (Wildman–Crippen LogP) is 3.03. The van der Waals surface area contributed by atoms with Crippen LogP contribution in [-0.2, 0) is 0 Å². The molecule has 5 heteroatoms. The minimum absolute atomic E-state index is 0.211. The van der Waals surface area contributed by atoms with E-state index < -0.39 is 5.82 Å². The monoisotopic (exact) mass is 261 g/mol. The molecule has 0 bridgehead atoms. The topological polar surface area (TPSA) is 47.0 Å². The molecule has 0 atom stereocenters. The van der Waals surface area contributed by atoms with Crippen molar-refractivity contribution in [2.45, 2.75) is 13.8 Å². The van der Waals surface area contributed by atoms with E-state index in [1.54, 1.807) is 12.1 Å². The van der Waals surface area contributed by atoms with Gasteiger partial charge in [0.1, 0.15) is 5.82 Å². The lowest BCUT2D eigenvalue weighted by Gasteiger charge is -2.08. The van der Waals surface area contributed by atoms with Crippen LogP contribution in [0.3, 0.4) is 0 Å². The zero-order chi connectivity index (χ0) is 13.8. The molecule has 1 N–H and O–H groups in total. The van der Waals surface area contributed by atoms with Gasteiger partial charge in [0.05, 0.1) is 7.11 Å². The van der Waals surface area contributed by atoms with Crippen LogP contribution in [0.2, 0.25) is 0 Å². The van der Waals surface area contributed by atoms with Crippen LogP contribution >= 0.6 is 0 Å². The summed E-state index contributed by atoms with van der Waals surface area (Å²) in [5, 5.41) is 3.13. The molecule has 0 radical (unpaired) electrons. The number of rotatable bonds is 4. The molecule has 1 aromatic carbocycles. The van der Waals surface area contributed by atoms with Gasteiger partial charge in [0.15, 0.2) is 17.4 Å². The van der Waals surface area contributed by atoms with E-state index in [2.05, 4.69) is 15.3 Å². The number of aromatic nitrogens is 2. The normalized spacial score (nSPS) is 10.3. The number of ether oxygens (including phenoxy) is 1. The van der Waals surface area contributed by atoms with E-state index in [0.717, 1.165) is 18.1 Å². The van der Waals surface area contributed by atoms with Crippen LogP contribution in [0.15, 0.2) is 24.3 Å². The summed E-state index contributed by atoms with van der Waals surface area (Å²) in [5.41, 5.74) is 1.46. The number of methoxy groups -OCH3 is 1. The van der Waals surface area contributed by atoms with Crippen molar-refractivity contribution in [2.75, 3.05) is 19.0 Å². The van der Waals surface area contributed by atoms with Crippen molar-refractivity contribution >= 4 is 5.82 Å². The third kappa shape index (κ3) is 2.99. The van der Waals surface area contributed by atoms with Crippen LogP contribution in [0.4, 0.5) is 10.2 Å². The Morgan fingerprint density at radius 3 is 2.68 bits per heavy atom. The summed E-state index contributed by atoms with van der Waals surface area (Å²) in [7, 11) is 1.44. The summed E-state index contributed by atoms with van der Waals surface area (Å²) in [5.74, 6) is 1.03. The highest BCUT2D eigenvalue weighted by Gasteiger charge is 2.09. The van der Waals surface area contributed by atoms with Gasteiger partial charge in [-0.3, -0.25) is 0 Å². The lowest BCUT2D eigenvalue weighted by Crippen LogP contribution is -2.02. The molecule has 0 aliphatic rings. The van der Waals surface area contributed by atoms with Gasteiger partial charge in [0.25, 0.3) is 0 Å². The Hall–Kier alpha value is -2.17. The summed E-state index contributed by atoms with van der Waals surface area (Å²) in [4.78, 5) is 8.68. The van der Waals surface area contributed by atoms with Crippen LogP contribution in [0.1, 0.15) is 12.6 Å². The SMILES string of the molecule is CCNc1cc(C)nc(-c2ccc(OC)c(F)c2)n1. The number of hydrogen-bond donors (Lipinski definition) is 1. The second kappa shape index (κ2) is 5.65. The Kier molecular flexibility index (Phi) is 3.94. The molecule has 0 saturated carbocycles. The average Bonchev–Trinajstić information content (AvgIpc) is 2.38. The largest absolute Gasteiger partial charge is 0.494 e. The lowest BCUT2D eigenvalue weighted by molar-refractivity contribution is 0.386. The molecule has 0 unspecified atom stereocenters. The maximum Gasteiger partial charge on any atom is 0.165 e. The first-order valence-corrected chi connectivity index (χ1v) is 6.07. The van der Waals surface area contributed by atoms with Gasteiger partial charge in [-0.05, 0) is 32.0 Å². The van der Waals surface area contributed by atoms with Gasteiger partial charge < -0.3 is 10.1 Å². The predicted molar refractivity (Wildman–Crippen MR) is 72.9 cm³/mol. The zero-order valence-corrected chi connectivity index (χ0v) is 11.2. The number of halogens is 1. The molecular weight excluding hydrogens is 245 g/mol. The summed E-state index contributed by atoms with van der Waals surface area (Å²) in [6, 6.07) is 6.55. The summed E-state index contributed by atoms with van der Waals surface area (Å²) < 4.78 is 18.6. The number of hydrogen-bond acceptors (Lipinski definition) is 4. The molecule has 100 valence electrons. The van der Waals surface area contributed by atoms with Crippen LogP contribution in [0, 0.1) is 12.7 Å². The van der Waals surface area contributed by atoms with Crippen LogP contribution in [-0.4, -0.2) is 23.6 Å². The number of benzene rings is 1. The minimum Gasteiger partial charge on any atom is -0.494 e. The van der Waals surface area contributed by atoms with Crippen molar-refractivity contribution in [3.8, 4) is 17.1 Å². The molecule has 19 heavy (non-hydrogen) atoms. The van der Waals surface area contributed by atoms with Gasteiger partial charge in [-0.15, -0.1) is 0 Å². The van der Waals surface area contributed by atoms with Crippen molar-refractivity contribution in [3.05, 3.63) is 35.8 Å². The third-order valence-corrected chi connectivity index (χ3v) is 2.62. The number of nitrogens with one attached hydrogen (secondary N) is 1. The molecule has 2 rings (SSSR count). The van der Waals surface area contributed by atoms with Gasteiger partial charge >= 0.3 is 0 Å². The Bertz CT molecular complexity index is 587. The Morgan fingerprint density at radius 2 is 2.05 bits per heavy atom. The lowest BCUT2D eigenvalue weighted by atomic mass is 10.2. The van der Waals surface area contributed by atoms with E-state index in [9.17, 15) is 4.39 Å². The molecule has 1 heterocycles. The molecule has 0 aliphatic heterocycles. The van der Waals surface area contributed by atoms with Crippen LogP contribution in [0.25, 0.3) is 11.4 Å². The van der Waals surface area contributed by atoms with E-state index in [1.165, 1.54) is 13.2 Å². The van der Waals surface area contributed by atoms with E-state index >= 15 is 0 Å². The van der Waals surface area contributed by atoms with Gasteiger partial charge in [0, 0.05) is 23.9 Å². The smallest absolute Gasteiger partial charge is 0.165 e.